The molecule has 0 aliphatic rings. The van der Waals surface area contributed by atoms with Crippen LogP contribution in [-0.4, -0.2) is 11.7 Å². The fourth-order valence-corrected chi connectivity index (χ4v) is 1.33. The van der Waals surface area contributed by atoms with Gasteiger partial charge in [-0.15, -0.1) is 0 Å². The van der Waals surface area contributed by atoms with Gasteiger partial charge in [-0.25, -0.2) is 0 Å². The minimum Gasteiger partial charge on any atom is -0.396 e. The highest BCUT2D eigenvalue weighted by molar-refractivity contribution is 9.11. The van der Waals surface area contributed by atoms with Crippen LogP contribution in [0.1, 0.15) is 20.3 Å². The van der Waals surface area contributed by atoms with Gasteiger partial charge in [0.15, 0.2) is 0 Å². The molecule has 2 heteroatoms. The van der Waals surface area contributed by atoms with Crippen molar-refractivity contribution in [3.05, 3.63) is 11.1 Å². The lowest BCUT2D eigenvalue weighted by Crippen LogP contribution is -2.15. The zero-order valence-corrected chi connectivity index (χ0v) is 7.53. The average molecular weight is 193 g/mol. The van der Waals surface area contributed by atoms with Gasteiger partial charge in [0.05, 0.1) is 0 Å². The Hall–Kier alpha value is 0.180. The Morgan fingerprint density at radius 2 is 2.11 bits per heavy atom. The van der Waals surface area contributed by atoms with E-state index in [0.29, 0.717) is 0 Å². The lowest BCUT2D eigenvalue weighted by Gasteiger charge is -2.20. The van der Waals surface area contributed by atoms with Crippen LogP contribution in [0.5, 0.6) is 0 Å². The Morgan fingerprint density at radius 1 is 1.67 bits per heavy atom. The van der Waals surface area contributed by atoms with Crippen LogP contribution in [0.3, 0.4) is 0 Å². The minimum absolute atomic E-state index is 0.0272. The molecule has 0 atom stereocenters. The molecule has 0 aromatic heterocycles. The topological polar surface area (TPSA) is 20.2 Å². The van der Waals surface area contributed by atoms with E-state index in [0.717, 1.165) is 10.9 Å². The van der Waals surface area contributed by atoms with Gasteiger partial charge in [-0.05, 0) is 16.3 Å². The molecule has 0 radical (unpaired) electrons. The highest BCUT2D eigenvalue weighted by Gasteiger charge is 2.16. The van der Waals surface area contributed by atoms with E-state index in [1.165, 1.54) is 0 Å². The number of aliphatic hydroxyl groups is 1. The highest BCUT2D eigenvalue weighted by Crippen LogP contribution is 2.25. The van der Waals surface area contributed by atoms with Crippen molar-refractivity contribution >= 4 is 15.9 Å². The summed E-state index contributed by atoms with van der Waals surface area (Å²) in [5.74, 6) is 0. The molecule has 0 spiro atoms. The summed E-state index contributed by atoms with van der Waals surface area (Å²) in [5, 5.41) is 8.78. The predicted octanol–water partition coefficient (Wildman–Crippen LogP) is 2.30. The van der Waals surface area contributed by atoms with Crippen LogP contribution < -0.4 is 0 Å². The van der Waals surface area contributed by atoms with E-state index in [2.05, 4.69) is 22.5 Å². The van der Waals surface area contributed by atoms with Crippen molar-refractivity contribution in [1.82, 2.24) is 0 Å². The fraction of sp³-hybridized carbons (Fsp3) is 0.714. The molecule has 1 nitrogen and oxygen atoms in total. The van der Waals surface area contributed by atoms with Crippen LogP contribution in [0.15, 0.2) is 11.1 Å². The summed E-state index contributed by atoms with van der Waals surface area (Å²) >= 11 is 3.25. The Morgan fingerprint density at radius 3 is 2.22 bits per heavy atom. The molecule has 54 valence electrons. The van der Waals surface area contributed by atoms with E-state index in [9.17, 15) is 0 Å². The number of allylic oxidation sites excluding steroid dienone is 1. The average Bonchev–Trinajstić information content (AvgIpc) is 1.63. The van der Waals surface area contributed by atoms with Crippen LogP contribution in [-0.2, 0) is 0 Å². The summed E-state index contributed by atoms with van der Waals surface area (Å²) < 4.78 is 0.946. The Bertz CT molecular complexity index is 107. The van der Waals surface area contributed by atoms with Crippen LogP contribution >= 0.6 is 15.9 Å². The first-order valence-electron chi connectivity index (χ1n) is 2.92. The van der Waals surface area contributed by atoms with Gasteiger partial charge in [-0.1, -0.05) is 36.4 Å². The standard InChI is InChI=1S/C7H13BrO/c1-6(8)4-7(2,3)5-9/h9H,1,4-5H2,2-3H3. The van der Waals surface area contributed by atoms with E-state index >= 15 is 0 Å². The van der Waals surface area contributed by atoms with Gasteiger partial charge in [0.1, 0.15) is 0 Å². The van der Waals surface area contributed by atoms with Gasteiger partial charge in [0.25, 0.3) is 0 Å². The highest BCUT2D eigenvalue weighted by atomic mass is 79.9. The van der Waals surface area contributed by atoms with Gasteiger partial charge in [0.2, 0.25) is 0 Å². The van der Waals surface area contributed by atoms with Crippen LogP contribution in [0.25, 0.3) is 0 Å². The molecule has 0 unspecified atom stereocenters. The quantitative estimate of drug-likeness (QED) is 0.729. The molecule has 0 amide bonds. The summed E-state index contributed by atoms with van der Waals surface area (Å²) in [4.78, 5) is 0. The molecule has 9 heavy (non-hydrogen) atoms. The van der Waals surface area contributed by atoms with Gasteiger partial charge in [0, 0.05) is 6.61 Å². The zero-order chi connectivity index (χ0) is 7.49. The van der Waals surface area contributed by atoms with Gasteiger partial charge < -0.3 is 5.11 Å². The summed E-state index contributed by atoms with van der Waals surface area (Å²) in [6, 6.07) is 0. The molecule has 0 saturated carbocycles. The van der Waals surface area contributed by atoms with E-state index in [-0.39, 0.29) is 12.0 Å². The van der Waals surface area contributed by atoms with E-state index < -0.39 is 0 Å². The zero-order valence-electron chi connectivity index (χ0n) is 5.95. The van der Waals surface area contributed by atoms with Crippen molar-refractivity contribution in [1.29, 1.82) is 0 Å². The first kappa shape index (κ1) is 9.18. The molecule has 0 saturated heterocycles. The lowest BCUT2D eigenvalue weighted by molar-refractivity contribution is 0.162. The van der Waals surface area contributed by atoms with E-state index in [1.807, 2.05) is 13.8 Å². The second kappa shape index (κ2) is 3.37. The Labute approximate surface area is 64.9 Å². The second-order valence-corrected chi connectivity index (χ2v) is 4.14. The molecule has 0 aliphatic heterocycles. The Balaban J connectivity index is 3.71. The monoisotopic (exact) mass is 192 g/mol. The lowest BCUT2D eigenvalue weighted by atomic mass is 9.91. The van der Waals surface area contributed by atoms with Crippen LogP contribution in [0.4, 0.5) is 0 Å². The molecule has 0 aromatic rings. The summed E-state index contributed by atoms with van der Waals surface area (Å²) in [7, 11) is 0. The fourth-order valence-electron chi connectivity index (χ4n) is 0.575. The molecular formula is C7H13BrO. The van der Waals surface area contributed by atoms with Crippen molar-refractivity contribution in [2.75, 3.05) is 6.61 Å². The van der Waals surface area contributed by atoms with Crippen molar-refractivity contribution in [2.24, 2.45) is 5.41 Å². The largest absolute Gasteiger partial charge is 0.396 e. The minimum atomic E-state index is -0.0272. The molecular weight excluding hydrogens is 180 g/mol. The molecule has 0 heterocycles. The Kier molecular flexibility index (Phi) is 3.44. The maximum atomic E-state index is 8.78. The maximum Gasteiger partial charge on any atom is 0.0485 e. The van der Waals surface area contributed by atoms with Gasteiger partial charge in [-0.3, -0.25) is 0 Å². The molecule has 0 aliphatic carbocycles. The molecule has 0 rings (SSSR count). The van der Waals surface area contributed by atoms with E-state index in [1.54, 1.807) is 0 Å². The van der Waals surface area contributed by atoms with Crippen molar-refractivity contribution in [2.45, 2.75) is 20.3 Å². The van der Waals surface area contributed by atoms with Crippen molar-refractivity contribution in [3.63, 3.8) is 0 Å². The third-order valence-corrected chi connectivity index (χ3v) is 1.38. The number of aliphatic hydroxyl groups excluding tert-OH is 1. The predicted molar refractivity (Wildman–Crippen MR) is 43.6 cm³/mol. The van der Waals surface area contributed by atoms with Crippen LogP contribution in [0.2, 0.25) is 0 Å². The molecule has 0 fully saturated rings. The van der Waals surface area contributed by atoms with Crippen molar-refractivity contribution < 1.29 is 5.11 Å². The summed E-state index contributed by atoms with van der Waals surface area (Å²) in [5.41, 5.74) is -0.0272. The van der Waals surface area contributed by atoms with Crippen LogP contribution in [0, 0.1) is 5.41 Å². The smallest absolute Gasteiger partial charge is 0.0485 e. The second-order valence-electron chi connectivity index (χ2n) is 3.02. The van der Waals surface area contributed by atoms with Gasteiger partial charge in [-0.2, -0.15) is 0 Å². The molecule has 0 bridgehead atoms. The summed E-state index contributed by atoms with van der Waals surface area (Å²) in [6.45, 7) is 7.90. The number of rotatable bonds is 3. The first-order chi connectivity index (χ1) is 3.98. The van der Waals surface area contributed by atoms with Gasteiger partial charge >= 0.3 is 0 Å². The number of hydrogen-bond acceptors (Lipinski definition) is 1. The number of hydrogen-bond donors (Lipinski definition) is 1. The molecule has 0 aromatic carbocycles. The SMILES string of the molecule is C=C(Br)CC(C)(C)CO. The van der Waals surface area contributed by atoms with E-state index in [4.69, 9.17) is 5.11 Å². The maximum absolute atomic E-state index is 8.78. The first-order valence-corrected chi connectivity index (χ1v) is 3.71. The third-order valence-electron chi connectivity index (χ3n) is 1.10. The molecule has 1 N–H and O–H groups in total. The number of halogens is 1. The third kappa shape index (κ3) is 4.67. The normalized spacial score (nSPS) is 11.6. The summed E-state index contributed by atoms with van der Waals surface area (Å²) in [6.07, 6.45) is 0.823. The van der Waals surface area contributed by atoms with Crippen molar-refractivity contribution in [3.8, 4) is 0 Å².